The van der Waals surface area contributed by atoms with Crippen LogP contribution in [0.5, 0.6) is 0 Å². The summed E-state index contributed by atoms with van der Waals surface area (Å²) in [5.74, 6) is -4.01. The van der Waals surface area contributed by atoms with Gasteiger partial charge in [-0.15, -0.1) is 0 Å². The number of nitrogens with zero attached hydrogens (tertiary/aromatic N) is 1. The largest absolute Gasteiger partial charge is 0.324 e. The number of halogens is 2. The molecular formula is C20H12F2N2O3. The Balaban J connectivity index is 1.61. The van der Waals surface area contributed by atoms with Crippen molar-refractivity contribution in [3.05, 3.63) is 77.4 Å². The molecule has 1 N–H and O–H groups in total. The standard InChI is InChI=1S/C20H12F2N2O3/c21-15-8-7-12(9-16(15)22)23-17(25)10-24-19(26)13-5-1-3-11-4-2-6-14(18(11)13)20(24)27/h1-9H,10H2,(H,23,25). The molecule has 27 heavy (non-hydrogen) atoms. The highest BCUT2D eigenvalue weighted by atomic mass is 19.2. The molecule has 0 unspecified atom stereocenters. The molecule has 1 aliphatic rings. The van der Waals surface area contributed by atoms with Gasteiger partial charge in [-0.05, 0) is 29.7 Å². The summed E-state index contributed by atoms with van der Waals surface area (Å²) in [4.78, 5) is 38.5. The van der Waals surface area contributed by atoms with Crippen molar-refractivity contribution in [1.82, 2.24) is 4.90 Å². The molecule has 0 saturated heterocycles. The lowest BCUT2D eigenvalue weighted by molar-refractivity contribution is -0.116. The van der Waals surface area contributed by atoms with E-state index < -0.39 is 35.9 Å². The van der Waals surface area contributed by atoms with Crippen molar-refractivity contribution in [3.63, 3.8) is 0 Å². The molecule has 1 heterocycles. The highest BCUT2D eigenvalue weighted by molar-refractivity contribution is 6.26. The number of amides is 3. The lowest BCUT2D eigenvalue weighted by atomic mass is 9.94. The lowest BCUT2D eigenvalue weighted by Crippen LogP contribution is -2.44. The van der Waals surface area contributed by atoms with Gasteiger partial charge in [0.25, 0.3) is 11.8 Å². The van der Waals surface area contributed by atoms with Crippen LogP contribution in [0.3, 0.4) is 0 Å². The summed E-state index contributed by atoms with van der Waals surface area (Å²) in [6, 6.07) is 13.1. The highest BCUT2D eigenvalue weighted by Gasteiger charge is 2.33. The molecule has 134 valence electrons. The van der Waals surface area contributed by atoms with E-state index in [0.29, 0.717) is 16.5 Å². The third-order valence-corrected chi connectivity index (χ3v) is 4.36. The first kappa shape index (κ1) is 16.8. The fourth-order valence-electron chi connectivity index (χ4n) is 3.14. The molecule has 0 saturated carbocycles. The molecule has 3 aromatic carbocycles. The minimum atomic E-state index is -1.11. The van der Waals surface area contributed by atoms with Crippen molar-refractivity contribution < 1.29 is 23.2 Å². The third kappa shape index (κ3) is 2.83. The van der Waals surface area contributed by atoms with E-state index in [-0.39, 0.29) is 5.69 Å². The molecule has 4 rings (SSSR count). The van der Waals surface area contributed by atoms with Crippen LogP contribution >= 0.6 is 0 Å². The van der Waals surface area contributed by atoms with Gasteiger partial charge in [0.05, 0.1) is 0 Å². The number of rotatable bonds is 3. The first-order valence-corrected chi connectivity index (χ1v) is 8.08. The molecule has 3 amide bonds. The van der Waals surface area contributed by atoms with Gasteiger partial charge in [0, 0.05) is 28.3 Å². The number of benzene rings is 3. The average Bonchev–Trinajstić information content (AvgIpc) is 2.66. The van der Waals surface area contributed by atoms with E-state index in [0.717, 1.165) is 22.4 Å². The second-order valence-electron chi connectivity index (χ2n) is 6.08. The summed E-state index contributed by atoms with van der Waals surface area (Å²) in [5.41, 5.74) is 0.699. The van der Waals surface area contributed by atoms with E-state index in [2.05, 4.69) is 5.32 Å². The maximum Gasteiger partial charge on any atom is 0.261 e. The fourth-order valence-corrected chi connectivity index (χ4v) is 3.14. The first-order valence-electron chi connectivity index (χ1n) is 8.08. The monoisotopic (exact) mass is 366 g/mol. The Labute approximate surface area is 152 Å². The maximum atomic E-state index is 13.3. The Bertz CT molecular complexity index is 1080. The summed E-state index contributed by atoms with van der Waals surface area (Å²) < 4.78 is 26.2. The van der Waals surface area contributed by atoms with Crippen molar-refractivity contribution in [2.24, 2.45) is 0 Å². The molecule has 0 aromatic heterocycles. The zero-order chi connectivity index (χ0) is 19.1. The summed E-state index contributed by atoms with van der Waals surface area (Å²) >= 11 is 0. The maximum absolute atomic E-state index is 13.3. The minimum absolute atomic E-state index is 0.0262. The van der Waals surface area contributed by atoms with Gasteiger partial charge in [0.1, 0.15) is 6.54 Å². The van der Waals surface area contributed by atoms with Crippen molar-refractivity contribution in [3.8, 4) is 0 Å². The molecule has 3 aromatic rings. The Hall–Kier alpha value is -3.61. The van der Waals surface area contributed by atoms with E-state index in [1.807, 2.05) is 0 Å². The van der Waals surface area contributed by atoms with Crippen LogP contribution in [0.1, 0.15) is 20.7 Å². The molecule has 0 aliphatic carbocycles. The number of nitrogens with one attached hydrogen (secondary N) is 1. The second kappa shape index (κ2) is 6.28. The number of anilines is 1. The minimum Gasteiger partial charge on any atom is -0.324 e. The van der Waals surface area contributed by atoms with Crippen LogP contribution in [0.2, 0.25) is 0 Å². The summed E-state index contributed by atoms with van der Waals surface area (Å²) in [7, 11) is 0. The molecule has 5 nitrogen and oxygen atoms in total. The Morgan fingerprint density at radius 1 is 0.889 bits per heavy atom. The van der Waals surface area contributed by atoms with Gasteiger partial charge in [0.2, 0.25) is 5.91 Å². The topological polar surface area (TPSA) is 66.5 Å². The Morgan fingerprint density at radius 2 is 1.52 bits per heavy atom. The van der Waals surface area contributed by atoms with Crippen LogP contribution < -0.4 is 5.32 Å². The molecule has 1 aliphatic heterocycles. The first-order chi connectivity index (χ1) is 13.0. The molecule has 0 atom stereocenters. The summed E-state index contributed by atoms with van der Waals surface area (Å²) in [6.07, 6.45) is 0. The number of imide groups is 1. The Morgan fingerprint density at radius 3 is 2.11 bits per heavy atom. The van der Waals surface area contributed by atoms with Gasteiger partial charge in [0.15, 0.2) is 11.6 Å². The number of carbonyl (C=O) groups is 3. The van der Waals surface area contributed by atoms with Crippen LogP contribution in [0.15, 0.2) is 54.6 Å². The molecule has 7 heteroatoms. The van der Waals surface area contributed by atoms with E-state index in [1.165, 1.54) is 6.07 Å². The second-order valence-corrected chi connectivity index (χ2v) is 6.08. The van der Waals surface area contributed by atoms with Crippen LogP contribution in [0.25, 0.3) is 10.8 Å². The number of hydrogen-bond donors (Lipinski definition) is 1. The molecule has 0 fully saturated rings. The van der Waals surface area contributed by atoms with Crippen molar-refractivity contribution in [2.45, 2.75) is 0 Å². The number of carbonyl (C=O) groups excluding carboxylic acids is 3. The predicted octanol–water partition coefficient (Wildman–Crippen LogP) is 3.35. The molecule has 0 bridgehead atoms. The van der Waals surface area contributed by atoms with Crippen LogP contribution in [-0.4, -0.2) is 29.2 Å². The van der Waals surface area contributed by atoms with E-state index in [4.69, 9.17) is 0 Å². The zero-order valence-corrected chi connectivity index (χ0v) is 13.8. The smallest absolute Gasteiger partial charge is 0.261 e. The number of hydrogen-bond acceptors (Lipinski definition) is 3. The van der Waals surface area contributed by atoms with Gasteiger partial charge in [-0.1, -0.05) is 24.3 Å². The van der Waals surface area contributed by atoms with Crippen LogP contribution in [-0.2, 0) is 4.79 Å². The quantitative estimate of drug-likeness (QED) is 0.723. The summed E-state index contributed by atoms with van der Waals surface area (Å²) in [6.45, 7) is -0.540. The van der Waals surface area contributed by atoms with Crippen molar-refractivity contribution >= 4 is 34.2 Å². The van der Waals surface area contributed by atoms with Crippen molar-refractivity contribution in [2.75, 3.05) is 11.9 Å². The van der Waals surface area contributed by atoms with Gasteiger partial charge in [-0.3, -0.25) is 19.3 Å². The third-order valence-electron chi connectivity index (χ3n) is 4.36. The zero-order valence-electron chi connectivity index (χ0n) is 13.8. The molecule has 0 spiro atoms. The SMILES string of the molecule is O=C(CN1C(=O)c2cccc3cccc(c23)C1=O)Nc1ccc(F)c(F)c1. The van der Waals surface area contributed by atoms with Crippen LogP contribution in [0.4, 0.5) is 14.5 Å². The summed E-state index contributed by atoms with van der Waals surface area (Å²) in [5, 5.41) is 3.68. The molecule has 0 radical (unpaired) electrons. The van der Waals surface area contributed by atoms with E-state index in [1.54, 1.807) is 36.4 Å². The molecular weight excluding hydrogens is 354 g/mol. The Kier molecular flexibility index (Phi) is 3.92. The van der Waals surface area contributed by atoms with Gasteiger partial charge < -0.3 is 5.32 Å². The highest BCUT2D eigenvalue weighted by Crippen LogP contribution is 2.29. The van der Waals surface area contributed by atoms with Gasteiger partial charge >= 0.3 is 0 Å². The van der Waals surface area contributed by atoms with Gasteiger partial charge in [-0.2, -0.15) is 0 Å². The van der Waals surface area contributed by atoms with Crippen LogP contribution in [0, 0.1) is 11.6 Å². The fraction of sp³-hybridized carbons (Fsp3) is 0.0500. The van der Waals surface area contributed by atoms with E-state index in [9.17, 15) is 23.2 Å². The van der Waals surface area contributed by atoms with E-state index >= 15 is 0 Å². The average molecular weight is 366 g/mol. The lowest BCUT2D eigenvalue weighted by Gasteiger charge is -2.26. The van der Waals surface area contributed by atoms with Crippen molar-refractivity contribution in [1.29, 1.82) is 0 Å². The van der Waals surface area contributed by atoms with Gasteiger partial charge in [-0.25, -0.2) is 8.78 Å². The normalized spacial score (nSPS) is 13.2. The predicted molar refractivity (Wildman–Crippen MR) is 94.3 cm³/mol.